The van der Waals surface area contributed by atoms with Gasteiger partial charge in [-0.3, -0.25) is 0 Å². The molecule has 0 aromatic carbocycles. The molecule has 0 aromatic heterocycles. The van der Waals surface area contributed by atoms with E-state index >= 15 is 0 Å². The first kappa shape index (κ1) is 11.7. The van der Waals surface area contributed by atoms with Crippen LogP contribution < -0.4 is 5.32 Å². The van der Waals surface area contributed by atoms with E-state index < -0.39 is 0 Å². The van der Waals surface area contributed by atoms with Gasteiger partial charge in [-0.1, -0.05) is 55.7 Å². The van der Waals surface area contributed by atoms with Gasteiger partial charge in [0.15, 0.2) is 0 Å². The van der Waals surface area contributed by atoms with Crippen LogP contribution in [0.25, 0.3) is 0 Å². The summed E-state index contributed by atoms with van der Waals surface area (Å²) in [7, 11) is 0. The predicted octanol–water partition coefficient (Wildman–Crippen LogP) is 3.18. The summed E-state index contributed by atoms with van der Waals surface area (Å²) >= 11 is 2.35. The number of rotatable bonds is 7. The van der Waals surface area contributed by atoms with Gasteiger partial charge in [-0.15, -0.1) is 0 Å². The topological polar surface area (TPSA) is 12.0 Å². The molecule has 0 fully saturated rings. The highest BCUT2D eigenvalue weighted by Crippen LogP contribution is 2.07. The van der Waals surface area contributed by atoms with E-state index in [1.807, 2.05) is 0 Å². The van der Waals surface area contributed by atoms with Gasteiger partial charge in [0.1, 0.15) is 0 Å². The van der Waals surface area contributed by atoms with E-state index in [2.05, 4.69) is 41.8 Å². The van der Waals surface area contributed by atoms with Crippen LogP contribution in [-0.2, 0) is 0 Å². The lowest BCUT2D eigenvalue weighted by molar-refractivity contribution is 0.522. The number of halogens is 1. The molecule has 0 atom stereocenters. The Hall–Kier alpha value is 0.690. The molecule has 0 saturated carbocycles. The molecule has 0 saturated heterocycles. The largest absolute Gasteiger partial charge is 0.308 e. The first-order valence-corrected chi connectivity index (χ1v) is 6.06. The molecule has 0 unspecified atom stereocenters. The van der Waals surface area contributed by atoms with Crippen molar-refractivity contribution in [3.05, 3.63) is 0 Å². The van der Waals surface area contributed by atoms with Crippen molar-refractivity contribution in [2.24, 2.45) is 5.92 Å². The first-order chi connectivity index (χ1) is 5.27. The van der Waals surface area contributed by atoms with Crippen molar-refractivity contribution in [1.29, 1.82) is 0 Å². The van der Waals surface area contributed by atoms with Crippen LogP contribution >= 0.6 is 22.6 Å². The van der Waals surface area contributed by atoms with Crippen molar-refractivity contribution >= 4 is 22.6 Å². The van der Waals surface area contributed by atoms with Crippen molar-refractivity contribution in [3.8, 4) is 0 Å². The lowest BCUT2D eigenvalue weighted by atomic mass is 10.1. The van der Waals surface area contributed by atoms with Gasteiger partial charge in [0.2, 0.25) is 0 Å². The van der Waals surface area contributed by atoms with E-state index in [9.17, 15) is 0 Å². The smallest absolute Gasteiger partial charge is 0.0479 e. The monoisotopic (exact) mass is 269 g/mol. The Bertz CT molecular complexity index is 74.0. The maximum Gasteiger partial charge on any atom is 0.0479 e. The predicted molar refractivity (Wildman–Crippen MR) is 60.2 cm³/mol. The van der Waals surface area contributed by atoms with Gasteiger partial charge in [0, 0.05) is 4.55 Å². The molecule has 0 radical (unpaired) electrons. The van der Waals surface area contributed by atoms with Gasteiger partial charge in [-0.2, -0.15) is 0 Å². The van der Waals surface area contributed by atoms with E-state index in [0.717, 1.165) is 10.5 Å². The number of unbranched alkanes of at least 4 members (excludes halogenated alkanes) is 2. The molecule has 0 aliphatic carbocycles. The summed E-state index contributed by atoms with van der Waals surface area (Å²) in [4.78, 5) is 0. The molecule has 0 aromatic rings. The third-order valence-electron chi connectivity index (χ3n) is 1.73. The molecule has 68 valence electrons. The first-order valence-electron chi connectivity index (χ1n) is 4.54. The average Bonchev–Trinajstić information content (AvgIpc) is 1.96. The number of nitrogens with one attached hydrogen (secondary N) is 1. The molecule has 1 N–H and O–H groups in total. The van der Waals surface area contributed by atoms with Gasteiger partial charge in [0.05, 0.1) is 0 Å². The standard InChI is InChI=1S/C9H20IN/c1-9(2)6-4-3-5-7-11-8-10/h9,11H,3-8H2,1-2H3. The Morgan fingerprint density at radius 2 is 1.91 bits per heavy atom. The van der Waals surface area contributed by atoms with Crippen LogP contribution in [0.5, 0.6) is 0 Å². The quantitative estimate of drug-likeness (QED) is 0.324. The van der Waals surface area contributed by atoms with Gasteiger partial charge in [-0.05, 0) is 18.9 Å². The van der Waals surface area contributed by atoms with Crippen molar-refractivity contribution in [3.63, 3.8) is 0 Å². The van der Waals surface area contributed by atoms with E-state index in [1.54, 1.807) is 0 Å². The number of hydrogen-bond acceptors (Lipinski definition) is 1. The highest BCUT2D eigenvalue weighted by atomic mass is 127. The molecule has 1 nitrogen and oxygen atoms in total. The van der Waals surface area contributed by atoms with Gasteiger partial charge >= 0.3 is 0 Å². The van der Waals surface area contributed by atoms with Gasteiger partial charge in [0.25, 0.3) is 0 Å². The summed E-state index contributed by atoms with van der Waals surface area (Å²) in [5, 5.41) is 3.32. The molecular weight excluding hydrogens is 249 g/mol. The third-order valence-corrected chi connectivity index (χ3v) is 2.27. The molecule has 0 heterocycles. The van der Waals surface area contributed by atoms with Gasteiger partial charge < -0.3 is 5.32 Å². The second-order valence-electron chi connectivity index (χ2n) is 3.38. The van der Waals surface area contributed by atoms with Crippen LogP contribution in [0.1, 0.15) is 39.5 Å². The van der Waals surface area contributed by atoms with Crippen LogP contribution in [-0.4, -0.2) is 11.1 Å². The zero-order valence-electron chi connectivity index (χ0n) is 7.70. The fraction of sp³-hybridized carbons (Fsp3) is 1.00. The fourth-order valence-corrected chi connectivity index (χ4v) is 1.43. The summed E-state index contributed by atoms with van der Waals surface area (Å²) in [6.07, 6.45) is 5.53. The Morgan fingerprint density at radius 1 is 1.18 bits per heavy atom. The summed E-state index contributed by atoms with van der Waals surface area (Å²) in [5.74, 6) is 0.882. The van der Waals surface area contributed by atoms with Crippen molar-refractivity contribution in [1.82, 2.24) is 5.32 Å². The summed E-state index contributed by atoms with van der Waals surface area (Å²) < 4.78 is 1.09. The highest BCUT2D eigenvalue weighted by molar-refractivity contribution is 14.1. The maximum absolute atomic E-state index is 3.32. The number of hydrogen-bond donors (Lipinski definition) is 1. The molecular formula is C9H20IN. The SMILES string of the molecule is CC(C)CCCCCNCI. The molecule has 0 aliphatic rings. The van der Waals surface area contributed by atoms with Crippen LogP contribution in [0, 0.1) is 5.92 Å². The van der Waals surface area contributed by atoms with E-state index in [4.69, 9.17) is 0 Å². The normalized spacial score (nSPS) is 10.9. The van der Waals surface area contributed by atoms with Crippen LogP contribution in [0.3, 0.4) is 0 Å². The minimum absolute atomic E-state index is 0.882. The summed E-state index contributed by atoms with van der Waals surface area (Å²) in [6.45, 7) is 5.78. The molecule has 0 amide bonds. The second-order valence-corrected chi connectivity index (χ2v) is 4.14. The lowest BCUT2D eigenvalue weighted by Crippen LogP contribution is -2.11. The molecule has 0 spiro atoms. The van der Waals surface area contributed by atoms with Crippen molar-refractivity contribution in [2.75, 3.05) is 11.1 Å². The molecule has 0 bridgehead atoms. The van der Waals surface area contributed by atoms with Crippen LogP contribution in [0.2, 0.25) is 0 Å². The zero-order chi connectivity index (χ0) is 8.53. The summed E-state index contributed by atoms with van der Waals surface area (Å²) in [6, 6.07) is 0. The van der Waals surface area contributed by atoms with Crippen LogP contribution in [0.4, 0.5) is 0 Å². The minimum atomic E-state index is 0.882. The minimum Gasteiger partial charge on any atom is -0.308 e. The second kappa shape index (κ2) is 8.78. The molecule has 0 aliphatic heterocycles. The van der Waals surface area contributed by atoms with E-state index in [0.29, 0.717) is 0 Å². The molecule has 2 heteroatoms. The third kappa shape index (κ3) is 10.7. The Labute approximate surface area is 84.5 Å². The Morgan fingerprint density at radius 3 is 2.45 bits per heavy atom. The Kier molecular flexibility index (Phi) is 9.33. The summed E-state index contributed by atoms with van der Waals surface area (Å²) in [5.41, 5.74) is 0. The van der Waals surface area contributed by atoms with Crippen molar-refractivity contribution in [2.45, 2.75) is 39.5 Å². The van der Waals surface area contributed by atoms with Crippen molar-refractivity contribution < 1.29 is 0 Å². The number of alkyl halides is 1. The van der Waals surface area contributed by atoms with E-state index in [1.165, 1.54) is 32.2 Å². The van der Waals surface area contributed by atoms with E-state index in [-0.39, 0.29) is 0 Å². The fourth-order valence-electron chi connectivity index (χ4n) is 1.05. The highest BCUT2D eigenvalue weighted by Gasteiger charge is 1.93. The average molecular weight is 269 g/mol. The van der Waals surface area contributed by atoms with Gasteiger partial charge in [-0.25, -0.2) is 0 Å². The molecule has 0 rings (SSSR count). The zero-order valence-corrected chi connectivity index (χ0v) is 9.86. The Balaban J connectivity index is 2.80. The van der Waals surface area contributed by atoms with Crippen LogP contribution in [0.15, 0.2) is 0 Å². The molecule has 11 heavy (non-hydrogen) atoms. The lowest BCUT2D eigenvalue weighted by Gasteiger charge is -2.03. The maximum atomic E-state index is 3.32.